The summed E-state index contributed by atoms with van der Waals surface area (Å²) in [7, 11) is 0. The summed E-state index contributed by atoms with van der Waals surface area (Å²) in [4.78, 5) is 0. The molecule has 32 heavy (non-hydrogen) atoms. The van der Waals surface area contributed by atoms with E-state index in [2.05, 4.69) is 6.58 Å². The van der Waals surface area contributed by atoms with Crippen molar-refractivity contribution in [3.05, 3.63) is 24.3 Å². The van der Waals surface area contributed by atoms with Crippen molar-refractivity contribution in [3.63, 3.8) is 0 Å². The van der Waals surface area contributed by atoms with Crippen LogP contribution in [0, 0.1) is 0 Å². The van der Waals surface area contributed by atoms with Crippen LogP contribution in [-0.2, 0) is 18.9 Å². The molecule has 10 atom stereocenters. The first-order chi connectivity index (χ1) is 15.0. The molecule has 0 amide bonds. The van der Waals surface area contributed by atoms with Gasteiger partial charge in [-0.05, 0) is 26.7 Å². The second-order valence-electron chi connectivity index (χ2n) is 8.48. The van der Waals surface area contributed by atoms with Gasteiger partial charge in [-0.1, -0.05) is 17.7 Å². The highest BCUT2D eigenvalue weighted by Gasteiger charge is 2.47. The lowest BCUT2D eigenvalue weighted by Gasteiger charge is -2.43. The van der Waals surface area contributed by atoms with E-state index in [4.69, 9.17) is 24.1 Å². The highest BCUT2D eigenvalue weighted by molar-refractivity contribution is 5.02. The lowest BCUT2D eigenvalue weighted by Crippen LogP contribution is -2.61. The van der Waals surface area contributed by atoms with Crippen molar-refractivity contribution >= 4 is 0 Å². The minimum atomic E-state index is -1.60. The van der Waals surface area contributed by atoms with Crippen molar-refractivity contribution < 1.29 is 54.7 Å². The van der Waals surface area contributed by atoms with Gasteiger partial charge >= 0.3 is 0 Å². The molecule has 10 unspecified atom stereocenters. The molecule has 186 valence electrons. The lowest BCUT2D eigenvalue weighted by atomic mass is 9.96. The van der Waals surface area contributed by atoms with Gasteiger partial charge in [0.2, 0.25) is 0 Å². The third kappa shape index (κ3) is 6.78. The monoisotopic (exact) mass is 464 g/mol. The predicted octanol–water partition coefficient (Wildman–Crippen LogP) is -2.07. The van der Waals surface area contributed by atoms with Crippen LogP contribution in [0.25, 0.3) is 0 Å². The van der Waals surface area contributed by atoms with Gasteiger partial charge in [-0.2, -0.15) is 0 Å². The highest BCUT2D eigenvalue weighted by atomic mass is 16.7. The van der Waals surface area contributed by atoms with Gasteiger partial charge in [0, 0.05) is 0 Å². The molecule has 2 aliphatic heterocycles. The first-order valence-corrected chi connectivity index (χ1v) is 10.6. The van der Waals surface area contributed by atoms with Gasteiger partial charge in [0.1, 0.15) is 42.7 Å². The Morgan fingerprint density at radius 2 is 1.69 bits per heavy atom. The van der Waals surface area contributed by atoms with E-state index in [9.17, 15) is 30.6 Å². The van der Waals surface area contributed by atoms with Crippen molar-refractivity contribution in [2.24, 2.45) is 0 Å². The van der Waals surface area contributed by atoms with Crippen LogP contribution in [0.15, 0.2) is 24.3 Å². The lowest BCUT2D eigenvalue weighted by molar-refractivity contribution is -0.333. The van der Waals surface area contributed by atoms with E-state index < -0.39 is 60.9 Å². The highest BCUT2D eigenvalue weighted by Crippen LogP contribution is 2.30. The Hall–Kier alpha value is -0.960. The number of allylic oxidation sites excluding steroid dienone is 1. The Kier molecular flexibility index (Phi) is 10.2. The van der Waals surface area contributed by atoms with E-state index in [1.165, 1.54) is 6.08 Å². The molecule has 0 saturated carbocycles. The van der Waals surface area contributed by atoms with Gasteiger partial charge < -0.3 is 54.7 Å². The first kappa shape index (κ1) is 27.3. The molecule has 0 bridgehead atoms. The fraction of sp³-hybridized carbons (Fsp3) is 0.810. The third-order valence-electron chi connectivity index (χ3n) is 5.75. The zero-order valence-electron chi connectivity index (χ0n) is 18.4. The molecule has 2 aliphatic rings. The SMILES string of the molecule is C=CC(C)(CCC=C(C)CO)OC1OC(COC2OCC(O)C(O)C2O)C(O)C(O)C1O. The average Bonchev–Trinajstić information content (AvgIpc) is 2.78. The number of hydrogen-bond acceptors (Lipinski definition) is 11. The van der Waals surface area contributed by atoms with Gasteiger partial charge in [-0.15, -0.1) is 6.58 Å². The van der Waals surface area contributed by atoms with Crippen molar-refractivity contribution in [3.8, 4) is 0 Å². The molecule has 2 saturated heterocycles. The van der Waals surface area contributed by atoms with Crippen LogP contribution >= 0.6 is 0 Å². The van der Waals surface area contributed by atoms with Gasteiger partial charge in [-0.25, -0.2) is 0 Å². The number of rotatable bonds is 10. The average molecular weight is 465 g/mol. The second-order valence-corrected chi connectivity index (χ2v) is 8.48. The summed E-state index contributed by atoms with van der Waals surface area (Å²) in [5.74, 6) is 0. The summed E-state index contributed by atoms with van der Waals surface area (Å²) >= 11 is 0. The van der Waals surface area contributed by atoms with E-state index in [-0.39, 0.29) is 19.8 Å². The molecule has 11 nitrogen and oxygen atoms in total. The normalized spacial score (nSPS) is 40.7. The van der Waals surface area contributed by atoms with Gasteiger partial charge in [0.05, 0.1) is 25.4 Å². The predicted molar refractivity (Wildman–Crippen MR) is 110 cm³/mol. The van der Waals surface area contributed by atoms with Gasteiger partial charge in [0.25, 0.3) is 0 Å². The fourth-order valence-corrected chi connectivity index (χ4v) is 3.41. The quantitative estimate of drug-likeness (QED) is 0.177. The number of hydrogen-bond donors (Lipinski definition) is 7. The van der Waals surface area contributed by atoms with E-state index in [0.717, 1.165) is 5.57 Å². The first-order valence-electron chi connectivity index (χ1n) is 10.6. The Labute approximate surface area is 187 Å². The summed E-state index contributed by atoms with van der Waals surface area (Å²) in [6.07, 6.45) is -8.30. The molecule has 0 aliphatic carbocycles. The molecule has 7 N–H and O–H groups in total. The Balaban J connectivity index is 2.00. The van der Waals surface area contributed by atoms with Crippen LogP contribution in [-0.4, -0.2) is 116 Å². The van der Waals surface area contributed by atoms with E-state index in [1.54, 1.807) is 13.8 Å². The van der Waals surface area contributed by atoms with E-state index in [0.29, 0.717) is 12.8 Å². The van der Waals surface area contributed by atoms with Crippen molar-refractivity contribution in [1.82, 2.24) is 0 Å². The number of ether oxygens (including phenoxy) is 4. The summed E-state index contributed by atoms with van der Waals surface area (Å²) in [6, 6.07) is 0. The molecule has 2 rings (SSSR count). The number of aliphatic hydroxyl groups is 7. The topological polar surface area (TPSA) is 179 Å². The number of aliphatic hydroxyl groups excluding tert-OH is 7. The summed E-state index contributed by atoms with van der Waals surface area (Å²) < 4.78 is 22.1. The molecule has 0 aromatic heterocycles. The zero-order valence-corrected chi connectivity index (χ0v) is 18.4. The molecular formula is C21H36O11. The minimum Gasteiger partial charge on any atom is -0.392 e. The fourth-order valence-electron chi connectivity index (χ4n) is 3.41. The largest absolute Gasteiger partial charge is 0.392 e. The third-order valence-corrected chi connectivity index (χ3v) is 5.75. The molecular weight excluding hydrogens is 428 g/mol. The molecule has 2 heterocycles. The zero-order chi connectivity index (χ0) is 24.1. The van der Waals surface area contributed by atoms with Crippen molar-refractivity contribution in [2.45, 2.75) is 87.6 Å². The molecule has 0 aromatic carbocycles. The maximum atomic E-state index is 10.4. The van der Waals surface area contributed by atoms with E-state index >= 15 is 0 Å². The molecule has 0 aromatic rings. The Morgan fingerprint density at radius 1 is 1.03 bits per heavy atom. The van der Waals surface area contributed by atoms with Crippen LogP contribution in [0.3, 0.4) is 0 Å². The van der Waals surface area contributed by atoms with Gasteiger partial charge in [0.15, 0.2) is 12.6 Å². The van der Waals surface area contributed by atoms with Crippen molar-refractivity contribution in [1.29, 1.82) is 0 Å². The Bertz CT molecular complexity index is 629. The minimum absolute atomic E-state index is 0.0583. The molecule has 2 fully saturated rings. The summed E-state index contributed by atoms with van der Waals surface area (Å²) in [5, 5.41) is 69.2. The molecule has 0 spiro atoms. The van der Waals surface area contributed by atoms with Gasteiger partial charge in [-0.3, -0.25) is 0 Å². The molecule has 0 radical (unpaired) electrons. The maximum absolute atomic E-state index is 10.4. The van der Waals surface area contributed by atoms with Crippen LogP contribution < -0.4 is 0 Å². The smallest absolute Gasteiger partial charge is 0.187 e. The standard InChI is InChI=1S/C21H36O11/c1-4-21(3,7-5-6-11(2)8-22)32-20-18(28)16(26)15(25)13(31-20)10-30-19-17(27)14(24)12(23)9-29-19/h4,6,12-20,22-28H,1,5,7-10H2,2-3H3. The van der Waals surface area contributed by atoms with Crippen LogP contribution in [0.2, 0.25) is 0 Å². The van der Waals surface area contributed by atoms with Crippen LogP contribution in [0.5, 0.6) is 0 Å². The molecule has 11 heteroatoms. The van der Waals surface area contributed by atoms with Crippen LogP contribution in [0.4, 0.5) is 0 Å². The van der Waals surface area contributed by atoms with Crippen molar-refractivity contribution in [2.75, 3.05) is 19.8 Å². The van der Waals surface area contributed by atoms with E-state index in [1.807, 2.05) is 6.08 Å². The Morgan fingerprint density at radius 3 is 2.31 bits per heavy atom. The van der Waals surface area contributed by atoms with Crippen LogP contribution in [0.1, 0.15) is 26.7 Å². The maximum Gasteiger partial charge on any atom is 0.187 e. The summed E-state index contributed by atoms with van der Waals surface area (Å²) in [6.45, 7) is 6.59. The summed E-state index contributed by atoms with van der Waals surface area (Å²) in [5.41, 5.74) is -0.153. The second kappa shape index (κ2) is 12.0.